The molecule has 2 aromatic carbocycles. The number of piperidine rings is 1. The maximum atomic E-state index is 12.8. The lowest BCUT2D eigenvalue weighted by atomic mass is 9.94. The molecular weight excluding hydrogens is 330 g/mol. The summed E-state index contributed by atoms with van der Waals surface area (Å²) in [5, 5.41) is 0. The number of ether oxygens (including phenoxy) is 3. The fourth-order valence-corrected chi connectivity index (χ4v) is 3.46. The molecule has 0 spiro atoms. The Morgan fingerprint density at radius 1 is 1.00 bits per heavy atom. The van der Waals surface area contributed by atoms with Gasteiger partial charge >= 0.3 is 6.09 Å². The summed E-state index contributed by atoms with van der Waals surface area (Å²) < 4.78 is 16.7. The van der Waals surface area contributed by atoms with Gasteiger partial charge < -0.3 is 19.1 Å². The molecule has 1 heterocycles. The first kappa shape index (κ1) is 18.1. The van der Waals surface area contributed by atoms with E-state index in [0.717, 1.165) is 41.9 Å². The van der Waals surface area contributed by atoms with E-state index >= 15 is 0 Å². The minimum atomic E-state index is -0.300. The molecule has 1 amide bonds. The summed E-state index contributed by atoms with van der Waals surface area (Å²) >= 11 is 0. The number of carbonyl (C=O) groups excluding carboxylic acids is 1. The largest absolute Gasteiger partial charge is 0.496 e. The SMILES string of the molecule is COc1cccc(OC)c1[C@@H]1CCCCN1C(=O)OCc1ccccc1. The van der Waals surface area contributed by atoms with Crippen molar-refractivity contribution >= 4 is 6.09 Å². The van der Waals surface area contributed by atoms with Crippen LogP contribution < -0.4 is 9.47 Å². The van der Waals surface area contributed by atoms with E-state index in [-0.39, 0.29) is 18.7 Å². The maximum Gasteiger partial charge on any atom is 0.410 e. The zero-order valence-corrected chi connectivity index (χ0v) is 15.3. The third kappa shape index (κ3) is 3.93. The van der Waals surface area contributed by atoms with Gasteiger partial charge in [-0.15, -0.1) is 0 Å². The van der Waals surface area contributed by atoms with E-state index in [1.54, 1.807) is 19.1 Å². The van der Waals surface area contributed by atoms with Crippen LogP contribution in [0.3, 0.4) is 0 Å². The van der Waals surface area contributed by atoms with Gasteiger partial charge in [0, 0.05) is 6.54 Å². The monoisotopic (exact) mass is 355 g/mol. The lowest BCUT2D eigenvalue weighted by Gasteiger charge is -2.36. The summed E-state index contributed by atoms with van der Waals surface area (Å²) in [6, 6.07) is 15.3. The molecular formula is C21H25NO4. The van der Waals surface area contributed by atoms with Crippen molar-refractivity contribution in [1.82, 2.24) is 4.90 Å². The summed E-state index contributed by atoms with van der Waals surface area (Å²) in [5.41, 5.74) is 1.89. The van der Waals surface area contributed by atoms with E-state index in [1.165, 1.54) is 0 Å². The summed E-state index contributed by atoms with van der Waals surface area (Å²) in [7, 11) is 3.28. The predicted octanol–water partition coefficient (Wildman–Crippen LogP) is 4.57. The van der Waals surface area contributed by atoms with Gasteiger partial charge in [-0.3, -0.25) is 0 Å². The molecule has 3 rings (SSSR count). The number of carbonyl (C=O) groups is 1. The Labute approximate surface area is 154 Å². The highest BCUT2D eigenvalue weighted by atomic mass is 16.6. The third-order valence-electron chi connectivity index (χ3n) is 4.74. The molecule has 1 aliphatic heterocycles. The van der Waals surface area contributed by atoms with Gasteiger partial charge in [0.1, 0.15) is 18.1 Å². The molecule has 1 saturated heterocycles. The molecule has 138 valence electrons. The summed E-state index contributed by atoms with van der Waals surface area (Å²) in [5.74, 6) is 1.47. The molecule has 0 unspecified atom stereocenters. The van der Waals surface area contributed by atoms with Gasteiger partial charge in [-0.1, -0.05) is 36.4 Å². The van der Waals surface area contributed by atoms with Gasteiger partial charge in [0.2, 0.25) is 0 Å². The normalized spacial score (nSPS) is 16.8. The first-order valence-electron chi connectivity index (χ1n) is 8.92. The average molecular weight is 355 g/mol. The zero-order valence-electron chi connectivity index (χ0n) is 15.3. The lowest BCUT2D eigenvalue weighted by molar-refractivity contribution is 0.0667. The number of hydrogen-bond acceptors (Lipinski definition) is 4. The lowest BCUT2D eigenvalue weighted by Crippen LogP contribution is -2.39. The molecule has 0 N–H and O–H groups in total. The van der Waals surface area contributed by atoms with Crippen LogP contribution in [0, 0.1) is 0 Å². The number of likely N-dealkylation sites (tertiary alicyclic amines) is 1. The molecule has 1 atom stereocenters. The summed E-state index contributed by atoms with van der Waals surface area (Å²) in [4.78, 5) is 14.6. The number of hydrogen-bond donors (Lipinski definition) is 0. The molecule has 0 radical (unpaired) electrons. The Bertz CT molecular complexity index is 710. The van der Waals surface area contributed by atoms with Crippen molar-refractivity contribution in [1.29, 1.82) is 0 Å². The Hall–Kier alpha value is -2.69. The molecule has 0 aromatic heterocycles. The molecule has 1 fully saturated rings. The molecule has 26 heavy (non-hydrogen) atoms. The maximum absolute atomic E-state index is 12.8. The van der Waals surface area contributed by atoms with E-state index in [4.69, 9.17) is 14.2 Å². The summed E-state index contributed by atoms with van der Waals surface area (Å²) in [6.07, 6.45) is 2.58. The highest BCUT2D eigenvalue weighted by Crippen LogP contribution is 2.41. The fourth-order valence-electron chi connectivity index (χ4n) is 3.46. The first-order chi connectivity index (χ1) is 12.7. The van der Waals surface area contributed by atoms with Crippen molar-refractivity contribution in [3.8, 4) is 11.5 Å². The molecule has 5 heteroatoms. The number of benzene rings is 2. The number of rotatable bonds is 5. The third-order valence-corrected chi connectivity index (χ3v) is 4.74. The number of nitrogens with zero attached hydrogens (tertiary/aromatic N) is 1. The number of amides is 1. The van der Waals surface area contributed by atoms with Crippen LogP contribution in [-0.2, 0) is 11.3 Å². The van der Waals surface area contributed by atoms with Crippen molar-refractivity contribution in [3.05, 3.63) is 59.7 Å². The second-order valence-electron chi connectivity index (χ2n) is 6.32. The van der Waals surface area contributed by atoms with Gasteiger partial charge in [0.05, 0.1) is 25.8 Å². The van der Waals surface area contributed by atoms with Gasteiger partial charge in [0.25, 0.3) is 0 Å². The van der Waals surface area contributed by atoms with E-state index in [1.807, 2.05) is 48.5 Å². The fraction of sp³-hybridized carbons (Fsp3) is 0.381. The first-order valence-corrected chi connectivity index (χ1v) is 8.92. The second kappa shape index (κ2) is 8.61. The van der Waals surface area contributed by atoms with Crippen molar-refractivity contribution in [3.63, 3.8) is 0 Å². The number of methoxy groups -OCH3 is 2. The van der Waals surface area contributed by atoms with Crippen LogP contribution in [-0.4, -0.2) is 31.8 Å². The minimum absolute atomic E-state index is 0.113. The molecule has 0 aliphatic carbocycles. The van der Waals surface area contributed by atoms with Crippen LogP contribution in [0.2, 0.25) is 0 Å². The van der Waals surface area contributed by atoms with E-state index in [9.17, 15) is 4.79 Å². The minimum Gasteiger partial charge on any atom is -0.496 e. The van der Waals surface area contributed by atoms with Crippen LogP contribution in [0.25, 0.3) is 0 Å². The molecule has 2 aromatic rings. The zero-order chi connectivity index (χ0) is 18.4. The second-order valence-corrected chi connectivity index (χ2v) is 6.32. The standard InChI is InChI=1S/C21H25NO4/c1-24-18-12-8-13-19(25-2)20(18)17-11-6-7-14-22(17)21(23)26-15-16-9-4-3-5-10-16/h3-5,8-10,12-13,17H,6-7,11,14-15H2,1-2H3/t17-/m0/s1. The van der Waals surface area contributed by atoms with Crippen LogP contribution in [0.5, 0.6) is 11.5 Å². The van der Waals surface area contributed by atoms with Gasteiger partial charge in [-0.2, -0.15) is 0 Å². The average Bonchev–Trinajstić information content (AvgIpc) is 2.72. The van der Waals surface area contributed by atoms with Crippen molar-refractivity contribution < 1.29 is 19.0 Å². The topological polar surface area (TPSA) is 48.0 Å². The van der Waals surface area contributed by atoms with Crippen molar-refractivity contribution in [2.75, 3.05) is 20.8 Å². The van der Waals surface area contributed by atoms with Crippen molar-refractivity contribution in [2.24, 2.45) is 0 Å². The quantitative estimate of drug-likeness (QED) is 0.788. The van der Waals surface area contributed by atoms with E-state index < -0.39 is 0 Å². The predicted molar refractivity (Wildman–Crippen MR) is 99.5 cm³/mol. The molecule has 1 aliphatic rings. The van der Waals surface area contributed by atoms with Crippen LogP contribution in [0.4, 0.5) is 4.79 Å². The van der Waals surface area contributed by atoms with Crippen molar-refractivity contribution in [2.45, 2.75) is 31.9 Å². The van der Waals surface area contributed by atoms with Gasteiger partial charge in [-0.05, 0) is 37.0 Å². The Morgan fingerprint density at radius 2 is 1.69 bits per heavy atom. The Kier molecular flexibility index (Phi) is 6.00. The van der Waals surface area contributed by atoms with Gasteiger partial charge in [-0.25, -0.2) is 4.79 Å². The summed E-state index contributed by atoms with van der Waals surface area (Å²) in [6.45, 7) is 0.936. The Morgan fingerprint density at radius 3 is 2.35 bits per heavy atom. The van der Waals surface area contributed by atoms with Crippen LogP contribution in [0.1, 0.15) is 36.4 Å². The highest BCUT2D eigenvalue weighted by molar-refractivity contribution is 5.69. The van der Waals surface area contributed by atoms with E-state index in [2.05, 4.69) is 0 Å². The van der Waals surface area contributed by atoms with Crippen LogP contribution >= 0.6 is 0 Å². The molecule has 0 saturated carbocycles. The van der Waals surface area contributed by atoms with Gasteiger partial charge in [0.15, 0.2) is 0 Å². The molecule has 5 nitrogen and oxygen atoms in total. The molecule has 0 bridgehead atoms. The smallest absolute Gasteiger partial charge is 0.410 e. The Balaban J connectivity index is 1.81. The van der Waals surface area contributed by atoms with Crippen LogP contribution in [0.15, 0.2) is 48.5 Å². The van der Waals surface area contributed by atoms with E-state index in [0.29, 0.717) is 6.54 Å². The highest BCUT2D eigenvalue weighted by Gasteiger charge is 2.33.